The van der Waals surface area contributed by atoms with Gasteiger partial charge in [0, 0.05) is 6.54 Å². The zero-order chi connectivity index (χ0) is 15.1. The molecule has 1 heterocycles. The van der Waals surface area contributed by atoms with Gasteiger partial charge in [0.1, 0.15) is 4.88 Å². The van der Waals surface area contributed by atoms with E-state index in [0.29, 0.717) is 17.8 Å². The number of amides is 1. The van der Waals surface area contributed by atoms with Gasteiger partial charge in [0.15, 0.2) is 6.10 Å². The molecule has 110 valence electrons. The summed E-state index contributed by atoms with van der Waals surface area (Å²) < 4.78 is 5.25. The second-order valence-corrected chi connectivity index (χ2v) is 5.43. The summed E-state index contributed by atoms with van der Waals surface area (Å²) in [6, 6.07) is 13.1. The minimum atomic E-state index is -0.761. The summed E-state index contributed by atoms with van der Waals surface area (Å²) in [4.78, 5) is 24.4. The lowest BCUT2D eigenvalue weighted by molar-refractivity contribution is -0.130. The van der Waals surface area contributed by atoms with Crippen molar-refractivity contribution in [3.8, 4) is 0 Å². The number of carbonyl (C=O) groups excluding carboxylic acids is 2. The average Bonchev–Trinajstić information content (AvgIpc) is 3.05. The topological polar surface area (TPSA) is 55.4 Å². The Morgan fingerprint density at radius 3 is 2.57 bits per heavy atom. The highest BCUT2D eigenvalue weighted by Gasteiger charge is 2.22. The van der Waals surface area contributed by atoms with E-state index >= 15 is 0 Å². The Labute approximate surface area is 127 Å². The van der Waals surface area contributed by atoms with Crippen molar-refractivity contribution in [2.75, 3.05) is 0 Å². The minimum Gasteiger partial charge on any atom is -0.448 e. The summed E-state index contributed by atoms with van der Waals surface area (Å²) in [5.74, 6) is -0.724. The molecule has 0 aliphatic rings. The van der Waals surface area contributed by atoms with E-state index in [1.54, 1.807) is 17.5 Å². The summed E-state index contributed by atoms with van der Waals surface area (Å²) in [5.41, 5.74) is 1.00. The van der Waals surface area contributed by atoms with Gasteiger partial charge in [-0.15, -0.1) is 11.3 Å². The van der Waals surface area contributed by atoms with Crippen molar-refractivity contribution < 1.29 is 14.3 Å². The number of rotatable bonds is 6. The van der Waals surface area contributed by atoms with Gasteiger partial charge in [0.2, 0.25) is 0 Å². The van der Waals surface area contributed by atoms with Crippen LogP contribution in [0.1, 0.15) is 28.6 Å². The largest absolute Gasteiger partial charge is 0.448 e. The number of hydrogen-bond donors (Lipinski definition) is 1. The molecule has 0 bridgehead atoms. The molecule has 1 atom stereocenters. The van der Waals surface area contributed by atoms with E-state index in [1.807, 2.05) is 37.3 Å². The molecule has 1 aromatic carbocycles. The van der Waals surface area contributed by atoms with Crippen LogP contribution in [0, 0.1) is 0 Å². The molecule has 0 aliphatic carbocycles. The summed E-state index contributed by atoms with van der Waals surface area (Å²) in [5, 5.41) is 4.59. The van der Waals surface area contributed by atoms with Crippen LogP contribution in [-0.2, 0) is 16.1 Å². The van der Waals surface area contributed by atoms with Gasteiger partial charge in [-0.2, -0.15) is 0 Å². The fourth-order valence-corrected chi connectivity index (χ4v) is 2.41. The van der Waals surface area contributed by atoms with Crippen LogP contribution in [0.25, 0.3) is 0 Å². The summed E-state index contributed by atoms with van der Waals surface area (Å²) >= 11 is 1.30. The van der Waals surface area contributed by atoms with Gasteiger partial charge in [0.25, 0.3) is 5.91 Å². The first-order chi connectivity index (χ1) is 10.2. The van der Waals surface area contributed by atoms with Crippen LogP contribution in [0.3, 0.4) is 0 Å². The minimum absolute atomic E-state index is 0.272. The first kappa shape index (κ1) is 15.3. The zero-order valence-corrected chi connectivity index (χ0v) is 12.6. The number of esters is 1. The molecule has 0 spiro atoms. The van der Waals surface area contributed by atoms with Crippen molar-refractivity contribution in [2.24, 2.45) is 0 Å². The summed E-state index contributed by atoms with van der Waals surface area (Å²) in [6.07, 6.45) is -0.319. The third kappa shape index (κ3) is 4.43. The average molecular weight is 303 g/mol. The third-order valence-electron chi connectivity index (χ3n) is 2.94. The number of carbonyl (C=O) groups is 2. The van der Waals surface area contributed by atoms with Crippen LogP contribution in [0.5, 0.6) is 0 Å². The highest BCUT2D eigenvalue weighted by molar-refractivity contribution is 7.11. The van der Waals surface area contributed by atoms with Crippen LogP contribution in [-0.4, -0.2) is 18.0 Å². The molecule has 5 heteroatoms. The zero-order valence-electron chi connectivity index (χ0n) is 11.7. The molecule has 1 aromatic heterocycles. The van der Waals surface area contributed by atoms with E-state index in [2.05, 4.69) is 5.32 Å². The quantitative estimate of drug-likeness (QED) is 0.835. The fraction of sp³-hybridized carbons (Fsp3) is 0.250. The molecule has 0 fully saturated rings. The second kappa shape index (κ2) is 7.59. The van der Waals surface area contributed by atoms with E-state index < -0.39 is 12.1 Å². The van der Waals surface area contributed by atoms with E-state index in [9.17, 15) is 9.59 Å². The number of nitrogens with one attached hydrogen (secondary N) is 1. The Bertz CT molecular complexity index is 581. The summed E-state index contributed by atoms with van der Waals surface area (Å²) in [7, 11) is 0. The Balaban J connectivity index is 1.88. The fourth-order valence-electron chi connectivity index (χ4n) is 1.80. The van der Waals surface area contributed by atoms with E-state index in [-0.39, 0.29) is 5.91 Å². The number of ether oxygens (including phenoxy) is 1. The van der Waals surface area contributed by atoms with E-state index in [1.165, 1.54) is 11.3 Å². The van der Waals surface area contributed by atoms with Crippen molar-refractivity contribution in [3.63, 3.8) is 0 Å². The van der Waals surface area contributed by atoms with Crippen LogP contribution in [0.15, 0.2) is 47.8 Å². The van der Waals surface area contributed by atoms with Crippen LogP contribution >= 0.6 is 11.3 Å². The number of benzene rings is 1. The monoisotopic (exact) mass is 303 g/mol. The molecule has 1 N–H and O–H groups in total. The van der Waals surface area contributed by atoms with E-state index in [0.717, 1.165) is 5.56 Å². The lowest BCUT2D eigenvalue weighted by Gasteiger charge is -2.15. The van der Waals surface area contributed by atoms with Crippen molar-refractivity contribution in [3.05, 3.63) is 58.3 Å². The molecule has 21 heavy (non-hydrogen) atoms. The smallest absolute Gasteiger partial charge is 0.349 e. The van der Waals surface area contributed by atoms with Gasteiger partial charge in [-0.05, 0) is 23.4 Å². The van der Waals surface area contributed by atoms with Crippen LogP contribution in [0.4, 0.5) is 0 Å². The van der Waals surface area contributed by atoms with Crippen molar-refractivity contribution in [2.45, 2.75) is 26.0 Å². The standard InChI is InChI=1S/C16H17NO3S/c1-2-13(20-16(19)14-9-6-10-21-14)15(18)17-11-12-7-4-3-5-8-12/h3-10,13H,2,11H2,1H3,(H,17,18). The Kier molecular flexibility index (Phi) is 5.51. The predicted molar refractivity (Wildman–Crippen MR) is 82.1 cm³/mol. The first-order valence-electron chi connectivity index (χ1n) is 6.77. The van der Waals surface area contributed by atoms with Crippen LogP contribution in [0.2, 0.25) is 0 Å². The maximum absolute atomic E-state index is 12.1. The van der Waals surface area contributed by atoms with Crippen molar-refractivity contribution in [1.29, 1.82) is 0 Å². The molecule has 1 amide bonds. The molecule has 0 saturated carbocycles. The lowest BCUT2D eigenvalue weighted by atomic mass is 10.2. The number of thiophene rings is 1. The first-order valence-corrected chi connectivity index (χ1v) is 7.64. The molecular weight excluding hydrogens is 286 g/mol. The predicted octanol–water partition coefficient (Wildman–Crippen LogP) is 3.00. The molecule has 0 saturated heterocycles. The normalized spacial score (nSPS) is 11.7. The molecule has 2 rings (SSSR count). The maximum Gasteiger partial charge on any atom is 0.349 e. The molecule has 2 aromatic rings. The van der Waals surface area contributed by atoms with Gasteiger partial charge in [-0.25, -0.2) is 4.79 Å². The Morgan fingerprint density at radius 2 is 1.95 bits per heavy atom. The van der Waals surface area contributed by atoms with Gasteiger partial charge in [0.05, 0.1) is 0 Å². The highest BCUT2D eigenvalue weighted by atomic mass is 32.1. The Morgan fingerprint density at radius 1 is 1.19 bits per heavy atom. The molecule has 0 aliphatic heterocycles. The lowest BCUT2D eigenvalue weighted by Crippen LogP contribution is -2.37. The van der Waals surface area contributed by atoms with Gasteiger partial charge in [-0.3, -0.25) is 4.79 Å². The highest BCUT2D eigenvalue weighted by Crippen LogP contribution is 2.12. The van der Waals surface area contributed by atoms with Gasteiger partial charge >= 0.3 is 5.97 Å². The molecule has 1 unspecified atom stereocenters. The van der Waals surface area contributed by atoms with Crippen molar-refractivity contribution in [1.82, 2.24) is 5.32 Å². The molecule has 4 nitrogen and oxygen atoms in total. The van der Waals surface area contributed by atoms with Crippen LogP contribution < -0.4 is 5.32 Å². The second-order valence-electron chi connectivity index (χ2n) is 4.48. The SMILES string of the molecule is CCC(OC(=O)c1cccs1)C(=O)NCc1ccccc1. The Hall–Kier alpha value is -2.14. The molecular formula is C16H17NO3S. The third-order valence-corrected chi connectivity index (χ3v) is 3.79. The maximum atomic E-state index is 12.1. The summed E-state index contributed by atoms with van der Waals surface area (Å²) in [6.45, 7) is 2.24. The van der Waals surface area contributed by atoms with Crippen molar-refractivity contribution >= 4 is 23.2 Å². The van der Waals surface area contributed by atoms with Gasteiger partial charge < -0.3 is 10.1 Å². The number of hydrogen-bond acceptors (Lipinski definition) is 4. The molecule has 0 radical (unpaired) electrons. The van der Waals surface area contributed by atoms with E-state index in [4.69, 9.17) is 4.74 Å². The van der Waals surface area contributed by atoms with Gasteiger partial charge in [-0.1, -0.05) is 43.3 Å².